The Morgan fingerprint density at radius 3 is 2.58 bits per heavy atom. The lowest BCUT2D eigenvalue weighted by atomic mass is 10.2. The van der Waals surface area contributed by atoms with E-state index in [0.717, 1.165) is 45.2 Å². The molecule has 0 bridgehead atoms. The standard InChI is InChI=1S/C20H24F3N5O4S/c1-27-7-9-28(10-8-27)6-2-5-24-20(31)25-18-15(19(29)30)17(26-33-18)32-11-12-13(21)3-4-14(22)16(12)23/h3-4H,2,5-11H2,1H3,(H,29,30)(H2,24,25,31). The van der Waals surface area contributed by atoms with E-state index >= 15 is 0 Å². The SMILES string of the molecule is CN1CCN(CCCNC(=O)Nc2snc(OCc3c(F)ccc(F)c3F)c2C(=O)O)CC1. The molecular weight excluding hydrogens is 463 g/mol. The molecule has 13 heteroatoms. The number of hydrogen-bond donors (Lipinski definition) is 3. The Balaban J connectivity index is 1.53. The zero-order chi connectivity index (χ0) is 24.0. The number of ether oxygens (including phenoxy) is 1. The van der Waals surface area contributed by atoms with Crippen molar-refractivity contribution < 1.29 is 32.6 Å². The van der Waals surface area contributed by atoms with Crippen molar-refractivity contribution in [3.05, 3.63) is 40.7 Å². The van der Waals surface area contributed by atoms with Crippen molar-refractivity contribution in [1.29, 1.82) is 0 Å². The van der Waals surface area contributed by atoms with Gasteiger partial charge in [-0.1, -0.05) is 0 Å². The van der Waals surface area contributed by atoms with Crippen LogP contribution in [0.5, 0.6) is 5.88 Å². The van der Waals surface area contributed by atoms with Gasteiger partial charge in [0, 0.05) is 32.7 Å². The van der Waals surface area contributed by atoms with E-state index in [9.17, 15) is 27.9 Å². The van der Waals surface area contributed by atoms with Crippen molar-refractivity contribution in [2.45, 2.75) is 13.0 Å². The summed E-state index contributed by atoms with van der Waals surface area (Å²) in [5, 5.41) is 14.4. The summed E-state index contributed by atoms with van der Waals surface area (Å²) in [6, 6.07) is 0.747. The van der Waals surface area contributed by atoms with Crippen molar-refractivity contribution >= 4 is 28.5 Å². The predicted molar refractivity (Wildman–Crippen MR) is 115 cm³/mol. The van der Waals surface area contributed by atoms with Crippen LogP contribution in [0.3, 0.4) is 0 Å². The highest BCUT2D eigenvalue weighted by Crippen LogP contribution is 2.31. The fourth-order valence-electron chi connectivity index (χ4n) is 3.21. The quantitative estimate of drug-likeness (QED) is 0.369. The largest absolute Gasteiger partial charge is 0.477 e. The smallest absolute Gasteiger partial charge is 0.344 e. The molecule has 2 amide bonds. The Morgan fingerprint density at radius 1 is 1.18 bits per heavy atom. The summed E-state index contributed by atoms with van der Waals surface area (Å²) in [4.78, 5) is 28.4. The number of carboxylic acids is 1. The normalized spacial score (nSPS) is 14.8. The molecule has 3 N–H and O–H groups in total. The van der Waals surface area contributed by atoms with Gasteiger partial charge in [0.2, 0.25) is 5.88 Å². The minimum atomic E-state index is -1.45. The zero-order valence-corrected chi connectivity index (χ0v) is 18.7. The minimum absolute atomic E-state index is 0.103. The molecule has 0 aliphatic carbocycles. The lowest BCUT2D eigenvalue weighted by Gasteiger charge is -2.32. The number of benzene rings is 1. The molecular formula is C20H24F3N5O4S. The molecule has 1 aliphatic heterocycles. The van der Waals surface area contributed by atoms with Crippen molar-refractivity contribution in [3.8, 4) is 5.88 Å². The van der Waals surface area contributed by atoms with Gasteiger partial charge in [-0.2, -0.15) is 4.37 Å². The molecule has 0 unspecified atom stereocenters. The maximum absolute atomic E-state index is 13.8. The molecule has 0 atom stereocenters. The van der Waals surface area contributed by atoms with E-state index in [-0.39, 0.29) is 5.00 Å². The average molecular weight is 488 g/mol. The highest BCUT2D eigenvalue weighted by atomic mass is 32.1. The molecule has 1 aromatic heterocycles. The molecule has 0 saturated carbocycles. The first kappa shape index (κ1) is 24.7. The third-order valence-electron chi connectivity index (χ3n) is 5.13. The van der Waals surface area contributed by atoms with Gasteiger partial charge in [-0.25, -0.2) is 22.8 Å². The second-order valence-electron chi connectivity index (χ2n) is 7.49. The van der Waals surface area contributed by atoms with Gasteiger partial charge < -0.3 is 25.0 Å². The monoisotopic (exact) mass is 487 g/mol. The van der Waals surface area contributed by atoms with Crippen molar-refractivity contribution in [1.82, 2.24) is 19.5 Å². The van der Waals surface area contributed by atoms with Gasteiger partial charge in [-0.15, -0.1) is 0 Å². The lowest BCUT2D eigenvalue weighted by Crippen LogP contribution is -2.45. The third-order valence-corrected chi connectivity index (χ3v) is 5.87. The number of carboxylic acid groups (broad SMARTS) is 1. The Hall–Kier alpha value is -2.90. The number of carbonyl (C=O) groups is 2. The maximum atomic E-state index is 13.8. The fraction of sp³-hybridized carbons (Fsp3) is 0.450. The molecule has 1 fully saturated rings. The van der Waals surface area contributed by atoms with Crippen molar-refractivity contribution in [3.63, 3.8) is 0 Å². The zero-order valence-electron chi connectivity index (χ0n) is 17.9. The Morgan fingerprint density at radius 2 is 1.88 bits per heavy atom. The summed E-state index contributed by atoms with van der Waals surface area (Å²) >= 11 is 0.639. The summed E-state index contributed by atoms with van der Waals surface area (Å²) < 4.78 is 49.8. The van der Waals surface area contributed by atoms with E-state index in [1.165, 1.54) is 0 Å². The summed E-state index contributed by atoms with van der Waals surface area (Å²) in [6.45, 7) is 4.38. The van der Waals surface area contributed by atoms with Crippen LogP contribution in [0.1, 0.15) is 22.3 Å². The van der Waals surface area contributed by atoms with Gasteiger partial charge in [-0.3, -0.25) is 5.32 Å². The molecule has 1 aliphatic rings. The van der Waals surface area contributed by atoms with Gasteiger partial charge in [0.25, 0.3) is 0 Å². The number of anilines is 1. The van der Waals surface area contributed by atoms with Crippen LogP contribution in [0.4, 0.5) is 23.0 Å². The number of carbonyl (C=O) groups excluding carboxylic acids is 1. The minimum Gasteiger partial charge on any atom is -0.477 e. The Kier molecular flexibility index (Phi) is 8.47. The molecule has 1 aromatic carbocycles. The topological polar surface area (TPSA) is 107 Å². The lowest BCUT2D eigenvalue weighted by molar-refractivity contribution is 0.0693. The van der Waals surface area contributed by atoms with Crippen LogP contribution in [0, 0.1) is 17.5 Å². The number of halogens is 3. The molecule has 0 radical (unpaired) electrons. The molecule has 0 spiro atoms. The predicted octanol–water partition coefficient (Wildman–Crippen LogP) is 2.60. The fourth-order valence-corrected chi connectivity index (χ4v) is 3.94. The van der Waals surface area contributed by atoms with Crippen LogP contribution < -0.4 is 15.4 Å². The number of rotatable bonds is 9. The number of aromatic carboxylic acids is 1. The number of nitrogens with one attached hydrogen (secondary N) is 2. The highest BCUT2D eigenvalue weighted by molar-refractivity contribution is 7.11. The maximum Gasteiger partial charge on any atom is 0.344 e. The highest BCUT2D eigenvalue weighted by Gasteiger charge is 2.24. The van der Waals surface area contributed by atoms with Gasteiger partial charge >= 0.3 is 12.0 Å². The molecule has 2 aromatic rings. The molecule has 33 heavy (non-hydrogen) atoms. The number of amides is 2. The van der Waals surface area contributed by atoms with E-state index in [1.54, 1.807) is 0 Å². The van der Waals surface area contributed by atoms with Crippen molar-refractivity contribution in [2.75, 3.05) is 51.6 Å². The first-order valence-electron chi connectivity index (χ1n) is 10.2. The van der Waals surface area contributed by atoms with Crippen LogP contribution in [0.15, 0.2) is 12.1 Å². The second kappa shape index (κ2) is 11.3. The average Bonchev–Trinajstić information content (AvgIpc) is 3.17. The van der Waals surface area contributed by atoms with Crippen molar-refractivity contribution in [2.24, 2.45) is 0 Å². The van der Waals surface area contributed by atoms with E-state index in [0.29, 0.717) is 24.1 Å². The van der Waals surface area contributed by atoms with E-state index in [1.807, 2.05) is 0 Å². The van der Waals surface area contributed by atoms with Crippen LogP contribution in [0.25, 0.3) is 0 Å². The molecule has 2 heterocycles. The van der Waals surface area contributed by atoms with Gasteiger partial charge in [0.05, 0.1) is 5.56 Å². The number of piperazine rings is 1. The third kappa shape index (κ3) is 6.55. The van der Waals surface area contributed by atoms with Crippen LogP contribution in [0.2, 0.25) is 0 Å². The van der Waals surface area contributed by atoms with Crippen LogP contribution in [-0.4, -0.2) is 77.6 Å². The second-order valence-corrected chi connectivity index (χ2v) is 8.26. The summed E-state index contributed by atoms with van der Waals surface area (Å²) in [7, 11) is 2.07. The summed E-state index contributed by atoms with van der Waals surface area (Å²) in [5.41, 5.74) is -1.17. The number of urea groups is 1. The summed E-state index contributed by atoms with van der Waals surface area (Å²) in [5.74, 6) is -5.64. The molecule has 3 rings (SSSR count). The Bertz CT molecular complexity index is 998. The van der Waals surface area contributed by atoms with Crippen LogP contribution in [-0.2, 0) is 6.61 Å². The van der Waals surface area contributed by atoms with Gasteiger partial charge in [-0.05, 0) is 43.7 Å². The number of aromatic nitrogens is 1. The molecule has 9 nitrogen and oxygen atoms in total. The molecule has 1 saturated heterocycles. The first-order valence-corrected chi connectivity index (χ1v) is 11.0. The Labute approximate surface area is 192 Å². The van der Waals surface area contributed by atoms with E-state index < -0.39 is 53.1 Å². The number of likely N-dealkylation sites (N-methyl/N-ethyl adjacent to an activating group) is 1. The van der Waals surface area contributed by atoms with Gasteiger partial charge in [0.15, 0.2) is 17.2 Å². The number of hydrogen-bond acceptors (Lipinski definition) is 7. The molecule has 180 valence electrons. The first-order chi connectivity index (χ1) is 15.8. The number of nitrogens with zero attached hydrogens (tertiary/aromatic N) is 3. The van der Waals surface area contributed by atoms with E-state index in [2.05, 4.69) is 31.9 Å². The van der Waals surface area contributed by atoms with E-state index in [4.69, 9.17) is 4.74 Å². The summed E-state index contributed by atoms with van der Waals surface area (Å²) in [6.07, 6.45) is 0.727. The van der Waals surface area contributed by atoms with Gasteiger partial charge in [0.1, 0.15) is 17.4 Å². The van der Waals surface area contributed by atoms with Crippen LogP contribution >= 0.6 is 11.5 Å².